The topological polar surface area (TPSA) is 34.1 Å². The molecule has 1 aliphatic rings. The zero-order valence-corrected chi connectivity index (χ0v) is 11.4. The number of halogens is 1. The van der Waals surface area contributed by atoms with Crippen LogP contribution < -0.4 is 9.47 Å². The number of ether oxygens (including phenoxy) is 2. The molecule has 17 heavy (non-hydrogen) atoms. The summed E-state index contributed by atoms with van der Waals surface area (Å²) in [4.78, 5) is 0. The monoisotopic (exact) mass is 272 g/mol. The highest BCUT2D eigenvalue weighted by Crippen LogP contribution is 2.39. The zero-order chi connectivity index (χ0) is 12.4. The molecule has 0 atom stereocenters. The lowest BCUT2D eigenvalue weighted by Crippen LogP contribution is -2.04. The van der Waals surface area contributed by atoms with Crippen molar-refractivity contribution >= 4 is 28.4 Å². The normalized spacial score (nSPS) is 14.8. The molecule has 0 fully saturated rings. The van der Waals surface area contributed by atoms with Gasteiger partial charge < -0.3 is 9.47 Å². The average Bonchev–Trinajstić information content (AvgIpc) is 2.75. The lowest BCUT2D eigenvalue weighted by atomic mass is 10.2. The summed E-state index contributed by atoms with van der Waals surface area (Å²) in [5.74, 6) is 2.13. The highest BCUT2D eigenvalue weighted by atomic mass is 35.5. The molecule has 1 heterocycles. The Labute approximate surface area is 110 Å². The molecule has 0 aliphatic carbocycles. The van der Waals surface area contributed by atoms with Crippen molar-refractivity contribution in [2.45, 2.75) is 0 Å². The van der Waals surface area contributed by atoms with Gasteiger partial charge in [0.15, 0.2) is 5.75 Å². The number of benzene rings is 1. The van der Waals surface area contributed by atoms with Crippen LogP contribution in [0.25, 0.3) is 0 Å². The molecule has 4 nitrogen and oxygen atoms in total. The number of hydrazone groups is 1. The minimum atomic E-state index is 0.557. The second-order valence-corrected chi connectivity index (χ2v) is 4.83. The number of methoxy groups -OCH3 is 2. The van der Waals surface area contributed by atoms with E-state index in [4.69, 9.17) is 21.1 Å². The fourth-order valence-electron chi connectivity index (χ4n) is 1.60. The summed E-state index contributed by atoms with van der Waals surface area (Å²) in [5, 5.41) is 7.69. The third kappa shape index (κ3) is 2.30. The number of hydrogen-bond donors (Lipinski definition) is 0. The molecule has 0 saturated carbocycles. The second-order valence-electron chi connectivity index (χ2n) is 3.49. The van der Waals surface area contributed by atoms with Crippen LogP contribution in [-0.4, -0.2) is 37.2 Å². The highest BCUT2D eigenvalue weighted by molar-refractivity contribution is 8.14. The van der Waals surface area contributed by atoms with Crippen molar-refractivity contribution < 1.29 is 9.47 Å². The molecule has 0 bridgehead atoms. The molecule has 0 amide bonds. The Morgan fingerprint density at radius 2 is 2.12 bits per heavy atom. The van der Waals surface area contributed by atoms with E-state index in [9.17, 15) is 0 Å². The molecule has 0 unspecified atom stereocenters. The second kappa shape index (κ2) is 5.06. The first-order chi connectivity index (χ1) is 8.17. The minimum absolute atomic E-state index is 0.557. The maximum Gasteiger partial charge on any atom is 0.151 e. The smallest absolute Gasteiger partial charge is 0.151 e. The molecule has 1 aliphatic heterocycles. The molecule has 6 heteroatoms. The van der Waals surface area contributed by atoms with Gasteiger partial charge in [-0.2, -0.15) is 5.10 Å². The van der Waals surface area contributed by atoms with Crippen LogP contribution in [0.1, 0.15) is 5.56 Å². The van der Waals surface area contributed by atoms with Crippen LogP contribution in [0, 0.1) is 0 Å². The molecular weight excluding hydrogens is 260 g/mol. The van der Waals surface area contributed by atoms with E-state index >= 15 is 0 Å². The SMILES string of the molecule is COc1ccc(Cl)c(OC)c1C1=NN(C)CS1. The van der Waals surface area contributed by atoms with Gasteiger partial charge >= 0.3 is 0 Å². The summed E-state index contributed by atoms with van der Waals surface area (Å²) in [7, 11) is 5.13. The molecule has 1 aromatic rings. The van der Waals surface area contributed by atoms with Crippen LogP contribution in [-0.2, 0) is 0 Å². The van der Waals surface area contributed by atoms with Crippen molar-refractivity contribution in [2.75, 3.05) is 27.1 Å². The lowest BCUT2D eigenvalue weighted by molar-refractivity contribution is 0.392. The molecule has 0 N–H and O–H groups in total. The first kappa shape index (κ1) is 12.4. The zero-order valence-electron chi connectivity index (χ0n) is 9.86. The summed E-state index contributed by atoms with van der Waals surface area (Å²) in [6.07, 6.45) is 0. The van der Waals surface area contributed by atoms with Crippen molar-refractivity contribution in [3.63, 3.8) is 0 Å². The van der Waals surface area contributed by atoms with Gasteiger partial charge in [0.1, 0.15) is 10.8 Å². The molecule has 0 spiro atoms. The van der Waals surface area contributed by atoms with E-state index in [0.717, 1.165) is 16.5 Å². The van der Waals surface area contributed by atoms with Gasteiger partial charge in [-0.3, -0.25) is 5.01 Å². The quantitative estimate of drug-likeness (QED) is 0.847. The van der Waals surface area contributed by atoms with E-state index in [1.807, 2.05) is 18.1 Å². The molecule has 0 radical (unpaired) electrons. The molecule has 92 valence electrons. The minimum Gasteiger partial charge on any atom is -0.496 e. The summed E-state index contributed by atoms with van der Waals surface area (Å²) >= 11 is 7.74. The Kier molecular flexibility index (Phi) is 3.69. The van der Waals surface area contributed by atoms with Crippen LogP contribution in [0.3, 0.4) is 0 Å². The van der Waals surface area contributed by atoms with Crippen LogP contribution in [0.2, 0.25) is 5.02 Å². The van der Waals surface area contributed by atoms with E-state index < -0.39 is 0 Å². The van der Waals surface area contributed by atoms with Gasteiger partial charge in [0.25, 0.3) is 0 Å². The highest BCUT2D eigenvalue weighted by Gasteiger charge is 2.23. The van der Waals surface area contributed by atoms with Crippen LogP contribution in [0.5, 0.6) is 11.5 Å². The van der Waals surface area contributed by atoms with E-state index in [-0.39, 0.29) is 0 Å². The first-order valence-corrected chi connectivity index (χ1v) is 6.37. The molecular formula is C11H13ClN2O2S. The van der Waals surface area contributed by atoms with E-state index in [2.05, 4.69) is 5.10 Å². The largest absolute Gasteiger partial charge is 0.496 e. The number of hydrogen-bond acceptors (Lipinski definition) is 5. The Hall–Kier alpha value is -1.07. The fraction of sp³-hybridized carbons (Fsp3) is 0.364. The van der Waals surface area contributed by atoms with Crippen molar-refractivity contribution in [1.82, 2.24) is 5.01 Å². The van der Waals surface area contributed by atoms with E-state index in [1.54, 1.807) is 32.0 Å². The van der Waals surface area contributed by atoms with Crippen LogP contribution in [0.15, 0.2) is 17.2 Å². The lowest BCUT2D eigenvalue weighted by Gasteiger charge is -2.13. The Morgan fingerprint density at radius 1 is 1.35 bits per heavy atom. The van der Waals surface area contributed by atoms with Crippen LogP contribution >= 0.6 is 23.4 Å². The van der Waals surface area contributed by atoms with Gasteiger partial charge in [-0.25, -0.2) is 0 Å². The molecule has 1 aromatic carbocycles. The van der Waals surface area contributed by atoms with Gasteiger partial charge in [0.2, 0.25) is 0 Å². The van der Waals surface area contributed by atoms with Crippen molar-refractivity contribution in [1.29, 1.82) is 0 Å². The third-order valence-electron chi connectivity index (χ3n) is 2.36. The van der Waals surface area contributed by atoms with Gasteiger partial charge in [0.05, 0.1) is 30.7 Å². The summed E-state index contributed by atoms with van der Waals surface area (Å²) < 4.78 is 10.7. The standard InChI is InChI=1S/C11H13ClN2O2S/c1-14-6-17-11(13-14)9-8(15-2)5-4-7(12)10(9)16-3/h4-5H,6H2,1-3H3. The van der Waals surface area contributed by atoms with Gasteiger partial charge in [-0.1, -0.05) is 23.4 Å². The van der Waals surface area contributed by atoms with Gasteiger partial charge in [-0.15, -0.1) is 0 Å². The van der Waals surface area contributed by atoms with E-state index in [0.29, 0.717) is 16.5 Å². The van der Waals surface area contributed by atoms with Gasteiger partial charge in [0, 0.05) is 7.05 Å². The average molecular weight is 273 g/mol. The summed E-state index contributed by atoms with van der Waals surface area (Å²) in [6, 6.07) is 3.58. The Bertz CT molecular complexity index is 465. The van der Waals surface area contributed by atoms with E-state index in [1.165, 1.54) is 0 Å². The first-order valence-electron chi connectivity index (χ1n) is 5.00. The number of rotatable bonds is 3. The molecule has 0 aromatic heterocycles. The summed E-state index contributed by atoms with van der Waals surface area (Å²) in [6.45, 7) is 0. The van der Waals surface area contributed by atoms with Crippen molar-refractivity contribution in [2.24, 2.45) is 5.10 Å². The van der Waals surface area contributed by atoms with Gasteiger partial charge in [-0.05, 0) is 12.1 Å². The third-order valence-corrected chi connectivity index (χ3v) is 3.72. The molecule has 0 saturated heterocycles. The Morgan fingerprint density at radius 3 is 2.65 bits per heavy atom. The van der Waals surface area contributed by atoms with Crippen LogP contribution in [0.4, 0.5) is 0 Å². The Balaban J connectivity index is 2.57. The molecule has 2 rings (SSSR count). The number of thioether (sulfide) groups is 1. The maximum absolute atomic E-state index is 6.11. The summed E-state index contributed by atoms with van der Waals surface area (Å²) in [5.41, 5.74) is 0.817. The van der Waals surface area contributed by atoms with Crippen molar-refractivity contribution in [3.8, 4) is 11.5 Å². The maximum atomic E-state index is 6.11. The predicted molar refractivity (Wildman–Crippen MR) is 71.3 cm³/mol. The number of nitrogens with zero attached hydrogens (tertiary/aromatic N) is 2. The van der Waals surface area contributed by atoms with Crippen molar-refractivity contribution in [3.05, 3.63) is 22.7 Å². The predicted octanol–water partition coefficient (Wildman–Crippen LogP) is 2.65. The fourth-order valence-corrected chi connectivity index (χ4v) is 2.74.